The number of rotatable bonds is 6. The molecule has 2 rings (SSSR count). The molecule has 2 atom stereocenters. The van der Waals surface area contributed by atoms with Crippen molar-refractivity contribution in [2.75, 3.05) is 0 Å². The third kappa shape index (κ3) is 3.76. The summed E-state index contributed by atoms with van der Waals surface area (Å²) in [6.07, 6.45) is -1.44. The Kier molecular flexibility index (Phi) is 5.04. The van der Waals surface area contributed by atoms with Crippen molar-refractivity contribution in [3.63, 3.8) is 0 Å². The van der Waals surface area contributed by atoms with Crippen LogP contribution in [0.15, 0.2) is 60.7 Å². The minimum atomic E-state index is -0.959. The summed E-state index contributed by atoms with van der Waals surface area (Å²) in [5, 5.41) is 20.0. The Hall–Kier alpha value is -1.97. The van der Waals surface area contributed by atoms with Crippen LogP contribution in [0, 0.1) is 0 Å². The van der Waals surface area contributed by atoms with Gasteiger partial charge in [-0.1, -0.05) is 60.7 Å². The Morgan fingerprint density at radius 3 is 2.05 bits per heavy atom. The Balaban J connectivity index is 1.89. The van der Waals surface area contributed by atoms with E-state index in [1.165, 1.54) is 0 Å². The van der Waals surface area contributed by atoms with Crippen LogP contribution >= 0.6 is 0 Å². The molecule has 2 aromatic carbocycles. The lowest BCUT2D eigenvalue weighted by Gasteiger charge is -2.17. The maximum Gasteiger partial charge on any atom is 0.162 e. The molecule has 2 N–H and O–H groups in total. The van der Waals surface area contributed by atoms with Gasteiger partial charge < -0.3 is 10.2 Å². The quantitative estimate of drug-likeness (QED) is 0.793. The molecule has 0 fully saturated rings. The molecule has 0 aromatic heterocycles. The first kappa shape index (κ1) is 14.4. The number of carbonyl (C=O) groups excluding carboxylic acids is 1. The van der Waals surface area contributed by atoms with Crippen molar-refractivity contribution < 1.29 is 15.0 Å². The Morgan fingerprint density at radius 1 is 0.900 bits per heavy atom. The van der Waals surface area contributed by atoms with E-state index < -0.39 is 12.2 Å². The maximum atomic E-state index is 11.9. The molecule has 0 saturated carbocycles. The molecule has 0 bridgehead atoms. The van der Waals surface area contributed by atoms with Crippen LogP contribution in [0.2, 0.25) is 0 Å². The first-order valence-electron chi connectivity index (χ1n) is 6.68. The van der Waals surface area contributed by atoms with Gasteiger partial charge in [0.1, 0.15) is 6.10 Å². The lowest BCUT2D eigenvalue weighted by atomic mass is 9.98. The SMILES string of the molecule is O=C(CC[C@@H](O)[C@H](O)c1ccccc1)c1ccccc1. The summed E-state index contributed by atoms with van der Waals surface area (Å²) in [5.41, 5.74) is 1.29. The standard InChI is InChI=1S/C17H18O3/c18-15(13-7-3-1-4-8-13)11-12-16(19)17(20)14-9-5-2-6-10-14/h1-10,16-17,19-20H,11-12H2/t16-,17-/m1/s1. The zero-order chi connectivity index (χ0) is 14.4. The van der Waals surface area contributed by atoms with Gasteiger partial charge in [-0.15, -0.1) is 0 Å². The van der Waals surface area contributed by atoms with Gasteiger partial charge >= 0.3 is 0 Å². The van der Waals surface area contributed by atoms with Gasteiger partial charge in [-0.2, -0.15) is 0 Å². The first-order valence-corrected chi connectivity index (χ1v) is 6.68. The number of ketones is 1. The van der Waals surface area contributed by atoms with Crippen molar-refractivity contribution in [1.29, 1.82) is 0 Å². The molecule has 0 heterocycles. The Bertz CT molecular complexity index is 537. The third-order valence-corrected chi connectivity index (χ3v) is 3.27. The number of carbonyl (C=O) groups is 1. The fourth-order valence-electron chi connectivity index (χ4n) is 2.08. The number of benzene rings is 2. The summed E-state index contributed by atoms with van der Waals surface area (Å²) in [6.45, 7) is 0. The Morgan fingerprint density at radius 2 is 1.45 bits per heavy atom. The van der Waals surface area contributed by atoms with Gasteiger partial charge in [0.25, 0.3) is 0 Å². The molecule has 0 aliphatic carbocycles. The molecule has 20 heavy (non-hydrogen) atoms. The van der Waals surface area contributed by atoms with Crippen LogP contribution in [0.3, 0.4) is 0 Å². The monoisotopic (exact) mass is 270 g/mol. The van der Waals surface area contributed by atoms with Crippen LogP contribution in [-0.2, 0) is 0 Å². The van der Waals surface area contributed by atoms with Gasteiger partial charge in [0.05, 0.1) is 6.10 Å². The summed E-state index contributed by atoms with van der Waals surface area (Å²) in [6, 6.07) is 17.9. The predicted octanol–water partition coefficient (Wildman–Crippen LogP) is 2.74. The van der Waals surface area contributed by atoms with Crippen molar-refractivity contribution in [2.45, 2.75) is 25.0 Å². The van der Waals surface area contributed by atoms with Gasteiger partial charge in [0.15, 0.2) is 5.78 Å². The van der Waals surface area contributed by atoms with E-state index in [1.807, 2.05) is 24.3 Å². The molecule has 0 aliphatic heterocycles. The third-order valence-electron chi connectivity index (χ3n) is 3.27. The summed E-state index contributed by atoms with van der Waals surface area (Å²) in [7, 11) is 0. The van der Waals surface area contributed by atoms with E-state index >= 15 is 0 Å². The highest BCUT2D eigenvalue weighted by Crippen LogP contribution is 2.20. The van der Waals surface area contributed by atoms with Gasteiger partial charge in [-0.3, -0.25) is 4.79 Å². The molecule has 3 heteroatoms. The molecular weight excluding hydrogens is 252 g/mol. The van der Waals surface area contributed by atoms with E-state index in [0.29, 0.717) is 11.1 Å². The molecular formula is C17H18O3. The van der Waals surface area contributed by atoms with Crippen LogP contribution in [0.25, 0.3) is 0 Å². The topological polar surface area (TPSA) is 57.5 Å². The zero-order valence-electron chi connectivity index (χ0n) is 11.1. The molecule has 0 unspecified atom stereocenters. The highest BCUT2D eigenvalue weighted by Gasteiger charge is 2.19. The molecule has 0 aliphatic rings. The second kappa shape index (κ2) is 6.98. The largest absolute Gasteiger partial charge is 0.390 e. The van der Waals surface area contributed by atoms with Crippen LogP contribution < -0.4 is 0 Å². The van der Waals surface area contributed by atoms with Crippen molar-refractivity contribution >= 4 is 5.78 Å². The predicted molar refractivity (Wildman–Crippen MR) is 77.4 cm³/mol. The number of hydrogen-bond acceptors (Lipinski definition) is 3. The first-order chi connectivity index (χ1) is 9.68. The van der Waals surface area contributed by atoms with E-state index in [0.717, 1.165) is 0 Å². The van der Waals surface area contributed by atoms with E-state index in [4.69, 9.17) is 0 Å². The van der Waals surface area contributed by atoms with Crippen LogP contribution in [-0.4, -0.2) is 22.1 Å². The highest BCUT2D eigenvalue weighted by molar-refractivity contribution is 5.95. The van der Waals surface area contributed by atoms with E-state index in [9.17, 15) is 15.0 Å². The van der Waals surface area contributed by atoms with Crippen molar-refractivity contribution in [3.05, 3.63) is 71.8 Å². The zero-order valence-corrected chi connectivity index (χ0v) is 11.1. The second-order valence-corrected chi connectivity index (χ2v) is 4.75. The van der Waals surface area contributed by atoms with Crippen LogP contribution in [0.5, 0.6) is 0 Å². The normalized spacial score (nSPS) is 13.7. The van der Waals surface area contributed by atoms with E-state index in [2.05, 4.69) is 0 Å². The van der Waals surface area contributed by atoms with Gasteiger partial charge in [-0.05, 0) is 12.0 Å². The number of hydrogen-bond donors (Lipinski definition) is 2. The minimum Gasteiger partial charge on any atom is -0.390 e. The van der Waals surface area contributed by atoms with Crippen molar-refractivity contribution in [3.8, 4) is 0 Å². The van der Waals surface area contributed by atoms with Gasteiger partial charge in [0.2, 0.25) is 0 Å². The van der Waals surface area contributed by atoms with Crippen LogP contribution in [0.4, 0.5) is 0 Å². The molecule has 3 nitrogen and oxygen atoms in total. The van der Waals surface area contributed by atoms with Gasteiger partial charge in [0, 0.05) is 12.0 Å². The molecule has 2 aromatic rings. The fourth-order valence-corrected chi connectivity index (χ4v) is 2.08. The lowest BCUT2D eigenvalue weighted by Crippen LogP contribution is -2.19. The molecule has 0 spiro atoms. The second-order valence-electron chi connectivity index (χ2n) is 4.75. The highest BCUT2D eigenvalue weighted by atomic mass is 16.3. The lowest BCUT2D eigenvalue weighted by molar-refractivity contribution is 0.0127. The van der Waals surface area contributed by atoms with E-state index in [1.54, 1.807) is 36.4 Å². The maximum absolute atomic E-state index is 11.9. The summed E-state index contributed by atoms with van der Waals surface area (Å²) >= 11 is 0. The summed E-state index contributed by atoms with van der Waals surface area (Å²) < 4.78 is 0. The fraction of sp³-hybridized carbons (Fsp3) is 0.235. The molecule has 0 saturated heterocycles. The average molecular weight is 270 g/mol. The molecule has 104 valence electrons. The van der Waals surface area contributed by atoms with E-state index in [-0.39, 0.29) is 18.6 Å². The van der Waals surface area contributed by atoms with Crippen molar-refractivity contribution in [1.82, 2.24) is 0 Å². The molecule has 0 radical (unpaired) electrons. The minimum absolute atomic E-state index is 0.0232. The Labute approximate surface area is 118 Å². The smallest absolute Gasteiger partial charge is 0.162 e. The van der Waals surface area contributed by atoms with Crippen molar-refractivity contribution in [2.24, 2.45) is 0 Å². The van der Waals surface area contributed by atoms with Gasteiger partial charge in [-0.25, -0.2) is 0 Å². The summed E-state index contributed by atoms with van der Waals surface area (Å²) in [4.78, 5) is 11.9. The number of aliphatic hydroxyl groups is 2. The summed E-state index contributed by atoms with van der Waals surface area (Å²) in [5.74, 6) is -0.0232. The van der Waals surface area contributed by atoms with Crippen LogP contribution in [0.1, 0.15) is 34.9 Å². The number of Topliss-reactive ketones (excluding diaryl/α,β-unsaturated/α-hetero) is 1. The number of aliphatic hydroxyl groups excluding tert-OH is 2. The average Bonchev–Trinajstić information content (AvgIpc) is 2.53. The molecule has 0 amide bonds.